The first-order chi connectivity index (χ1) is 9.10. The summed E-state index contributed by atoms with van der Waals surface area (Å²) in [6, 6.07) is 4.80. The van der Waals surface area contributed by atoms with Crippen LogP contribution < -0.4 is 5.32 Å². The van der Waals surface area contributed by atoms with E-state index in [0.717, 1.165) is 10.8 Å². The second kappa shape index (κ2) is 6.62. The molecule has 0 amide bonds. The fraction of sp³-hybridized carbons (Fsp3) is 0.600. The summed E-state index contributed by atoms with van der Waals surface area (Å²) in [5, 5.41) is 14.1. The average Bonchev–Trinajstić information content (AvgIpc) is 2.39. The molecule has 1 fully saturated rings. The Hall–Kier alpha value is -0.740. The first-order valence-corrected chi connectivity index (χ1v) is 8.16. The van der Waals surface area contributed by atoms with Crippen LogP contribution in [-0.4, -0.2) is 22.7 Å². The molecule has 4 heteroatoms. The maximum atomic E-state index is 13.0. The van der Waals surface area contributed by atoms with Crippen molar-refractivity contribution in [3.63, 3.8) is 0 Å². The first-order valence-electron chi connectivity index (χ1n) is 6.87. The van der Waals surface area contributed by atoms with Crippen molar-refractivity contribution < 1.29 is 9.50 Å². The third-order valence-electron chi connectivity index (χ3n) is 3.95. The number of nitrogens with one attached hydrogen (secondary N) is 1. The highest BCUT2D eigenvalue weighted by atomic mass is 32.2. The summed E-state index contributed by atoms with van der Waals surface area (Å²) in [6.45, 7) is 2.02. The molecule has 0 aliphatic heterocycles. The smallest absolute Gasteiger partial charge is 0.126 e. The lowest BCUT2D eigenvalue weighted by molar-refractivity contribution is 0.346. The van der Waals surface area contributed by atoms with E-state index in [2.05, 4.69) is 11.6 Å². The number of benzene rings is 1. The van der Waals surface area contributed by atoms with E-state index in [1.54, 1.807) is 6.07 Å². The van der Waals surface area contributed by atoms with Gasteiger partial charge < -0.3 is 10.4 Å². The molecule has 2 N–H and O–H groups in total. The molecule has 0 aromatic heterocycles. The molecule has 0 bridgehead atoms. The van der Waals surface area contributed by atoms with Gasteiger partial charge in [-0.1, -0.05) is 6.07 Å². The zero-order valence-electron chi connectivity index (χ0n) is 11.5. The molecule has 0 spiro atoms. The third kappa shape index (κ3) is 3.86. The zero-order valence-corrected chi connectivity index (χ0v) is 12.3. The van der Waals surface area contributed by atoms with Crippen LogP contribution >= 0.6 is 11.8 Å². The van der Waals surface area contributed by atoms with Crippen LogP contribution in [0.25, 0.3) is 0 Å². The largest absolute Gasteiger partial charge is 0.508 e. The van der Waals surface area contributed by atoms with Crippen LogP contribution in [0.2, 0.25) is 0 Å². The van der Waals surface area contributed by atoms with Crippen molar-refractivity contribution >= 4 is 11.8 Å². The van der Waals surface area contributed by atoms with Crippen LogP contribution in [-0.2, 0) is 0 Å². The van der Waals surface area contributed by atoms with Crippen LogP contribution in [0.3, 0.4) is 0 Å². The molecule has 1 aliphatic rings. The van der Waals surface area contributed by atoms with Crippen molar-refractivity contribution in [1.82, 2.24) is 5.32 Å². The summed E-state index contributed by atoms with van der Waals surface area (Å²) in [5.74, 6) is -0.355. The summed E-state index contributed by atoms with van der Waals surface area (Å²) >= 11 is 1.96. The highest BCUT2D eigenvalue weighted by Crippen LogP contribution is 2.30. The number of hydrogen-bond donors (Lipinski definition) is 2. The highest BCUT2D eigenvalue weighted by molar-refractivity contribution is 7.99. The molecule has 1 saturated carbocycles. The van der Waals surface area contributed by atoms with E-state index in [4.69, 9.17) is 0 Å². The van der Waals surface area contributed by atoms with E-state index in [1.807, 2.05) is 18.7 Å². The maximum Gasteiger partial charge on any atom is 0.126 e. The summed E-state index contributed by atoms with van der Waals surface area (Å²) in [4.78, 5) is 0. The van der Waals surface area contributed by atoms with Crippen molar-refractivity contribution in [1.29, 1.82) is 0 Å². The van der Waals surface area contributed by atoms with Gasteiger partial charge in [0.15, 0.2) is 0 Å². The van der Waals surface area contributed by atoms with E-state index in [0.29, 0.717) is 6.04 Å². The summed E-state index contributed by atoms with van der Waals surface area (Å²) < 4.78 is 13.0. The molecule has 0 radical (unpaired) electrons. The van der Waals surface area contributed by atoms with Crippen molar-refractivity contribution in [3.8, 4) is 5.75 Å². The molecule has 106 valence electrons. The van der Waals surface area contributed by atoms with Crippen LogP contribution in [0.1, 0.15) is 44.2 Å². The number of rotatable bonds is 4. The standard InChI is InChI=1S/C15H22FNOS/c1-10(14-8-3-11(16)9-15(14)18)17-12-4-6-13(19-2)7-5-12/h3,8-10,12-13,17-18H,4-7H2,1-2H3. The number of thioether (sulfide) groups is 1. The van der Waals surface area contributed by atoms with Crippen molar-refractivity contribution in [2.24, 2.45) is 0 Å². The monoisotopic (exact) mass is 283 g/mol. The predicted octanol–water partition coefficient (Wildman–Crippen LogP) is 3.86. The molecular weight excluding hydrogens is 261 g/mol. The SMILES string of the molecule is CSC1CCC(NC(C)c2ccc(F)cc2O)CC1. The second-order valence-electron chi connectivity index (χ2n) is 5.30. The topological polar surface area (TPSA) is 32.3 Å². The second-order valence-corrected chi connectivity index (χ2v) is 6.44. The number of halogens is 1. The van der Waals surface area contributed by atoms with Gasteiger partial charge in [-0.25, -0.2) is 4.39 Å². The van der Waals surface area contributed by atoms with E-state index in [1.165, 1.54) is 37.8 Å². The van der Waals surface area contributed by atoms with E-state index in [-0.39, 0.29) is 11.8 Å². The molecule has 1 atom stereocenters. The maximum absolute atomic E-state index is 13.0. The molecule has 2 nitrogen and oxygen atoms in total. The lowest BCUT2D eigenvalue weighted by Gasteiger charge is -2.30. The van der Waals surface area contributed by atoms with Gasteiger partial charge in [0.25, 0.3) is 0 Å². The molecule has 2 rings (SSSR count). The minimum Gasteiger partial charge on any atom is -0.508 e. The van der Waals surface area contributed by atoms with Gasteiger partial charge in [-0.3, -0.25) is 0 Å². The summed E-state index contributed by atoms with van der Waals surface area (Å²) in [5.41, 5.74) is 0.772. The number of phenolic OH excluding ortho intramolecular Hbond substituents is 1. The quantitative estimate of drug-likeness (QED) is 0.880. The minimum atomic E-state index is -0.395. The molecule has 1 aliphatic carbocycles. The van der Waals surface area contributed by atoms with Gasteiger partial charge in [0, 0.05) is 29.0 Å². The van der Waals surface area contributed by atoms with Crippen molar-refractivity contribution in [2.45, 2.75) is 49.9 Å². The molecule has 1 unspecified atom stereocenters. The fourth-order valence-corrected chi connectivity index (χ4v) is 3.54. The molecule has 1 aromatic rings. The molecule has 1 aromatic carbocycles. The van der Waals surface area contributed by atoms with Crippen molar-refractivity contribution in [2.75, 3.05) is 6.26 Å². The minimum absolute atomic E-state index is 0.0396. The Labute approximate surface area is 118 Å². The Morgan fingerprint density at radius 2 is 2.00 bits per heavy atom. The van der Waals surface area contributed by atoms with Gasteiger partial charge in [-0.15, -0.1) is 0 Å². The highest BCUT2D eigenvalue weighted by Gasteiger charge is 2.22. The van der Waals surface area contributed by atoms with Crippen LogP contribution in [0.5, 0.6) is 5.75 Å². The number of phenols is 1. The lowest BCUT2D eigenvalue weighted by Crippen LogP contribution is -2.35. The van der Waals surface area contributed by atoms with Crippen LogP contribution in [0.15, 0.2) is 18.2 Å². The molecular formula is C15H22FNOS. The summed E-state index contributed by atoms with van der Waals surface area (Å²) in [6.07, 6.45) is 7.04. The van der Waals surface area contributed by atoms with Gasteiger partial charge in [0.1, 0.15) is 11.6 Å². The van der Waals surface area contributed by atoms with Gasteiger partial charge in [-0.2, -0.15) is 11.8 Å². The first kappa shape index (κ1) is 14.7. The van der Waals surface area contributed by atoms with Gasteiger partial charge in [0.05, 0.1) is 0 Å². The Kier molecular flexibility index (Phi) is 5.11. The molecule has 0 heterocycles. The van der Waals surface area contributed by atoms with Gasteiger partial charge in [0.2, 0.25) is 0 Å². The lowest BCUT2D eigenvalue weighted by atomic mass is 9.93. The Morgan fingerprint density at radius 1 is 1.32 bits per heavy atom. The van der Waals surface area contributed by atoms with Crippen LogP contribution in [0, 0.1) is 5.82 Å². The Bertz CT molecular complexity index is 419. The van der Waals surface area contributed by atoms with E-state index in [9.17, 15) is 9.50 Å². The van der Waals surface area contributed by atoms with E-state index < -0.39 is 5.82 Å². The number of aromatic hydroxyl groups is 1. The van der Waals surface area contributed by atoms with E-state index >= 15 is 0 Å². The molecule has 0 saturated heterocycles. The Balaban J connectivity index is 1.92. The van der Waals surface area contributed by atoms with Crippen LogP contribution in [0.4, 0.5) is 4.39 Å². The average molecular weight is 283 g/mol. The predicted molar refractivity (Wildman–Crippen MR) is 79.2 cm³/mol. The Morgan fingerprint density at radius 3 is 2.58 bits per heavy atom. The zero-order chi connectivity index (χ0) is 13.8. The summed E-state index contributed by atoms with van der Waals surface area (Å²) in [7, 11) is 0. The third-order valence-corrected chi connectivity index (χ3v) is 5.09. The van der Waals surface area contributed by atoms with Crippen molar-refractivity contribution in [3.05, 3.63) is 29.6 Å². The fourth-order valence-electron chi connectivity index (χ4n) is 2.79. The van der Waals surface area contributed by atoms with Gasteiger partial charge in [-0.05, 0) is 44.9 Å². The number of hydrogen-bond acceptors (Lipinski definition) is 3. The molecule has 19 heavy (non-hydrogen) atoms. The van der Waals surface area contributed by atoms with Gasteiger partial charge >= 0.3 is 0 Å². The normalized spacial score (nSPS) is 25.2.